The van der Waals surface area contributed by atoms with Crippen LogP contribution >= 0.6 is 0 Å². The number of nitrogens with zero attached hydrogens (tertiary/aromatic N) is 2. The highest BCUT2D eigenvalue weighted by Crippen LogP contribution is 2.36. The van der Waals surface area contributed by atoms with Crippen molar-refractivity contribution in [1.82, 2.24) is 9.80 Å². The van der Waals surface area contributed by atoms with Crippen LogP contribution in [-0.2, 0) is 4.79 Å². The SMILES string of the molecule is O=C(O)[C@@H]1C[C@@H](O)CN1C(=O)N(CC1CC1)C1CC1. The third-order valence-corrected chi connectivity index (χ3v) is 4.19. The number of β-amino-alcohol motifs (C(OH)–C–C–N with tert-alkyl or cyclic N) is 1. The molecule has 1 heterocycles. The number of likely N-dealkylation sites (tertiary alicyclic amines) is 1. The minimum absolute atomic E-state index is 0.142. The fraction of sp³-hybridized carbons (Fsp3) is 0.846. The maximum absolute atomic E-state index is 12.5. The van der Waals surface area contributed by atoms with Crippen molar-refractivity contribution in [1.29, 1.82) is 0 Å². The summed E-state index contributed by atoms with van der Waals surface area (Å²) >= 11 is 0. The highest BCUT2D eigenvalue weighted by Gasteiger charge is 2.44. The molecule has 3 fully saturated rings. The van der Waals surface area contributed by atoms with E-state index in [2.05, 4.69) is 0 Å². The quantitative estimate of drug-likeness (QED) is 0.778. The number of urea groups is 1. The summed E-state index contributed by atoms with van der Waals surface area (Å²) in [6, 6.07) is -0.776. The largest absolute Gasteiger partial charge is 0.480 e. The number of carboxylic acid groups (broad SMARTS) is 1. The first-order valence-electron chi connectivity index (χ1n) is 7.04. The first kappa shape index (κ1) is 12.7. The Kier molecular flexibility index (Phi) is 3.12. The Labute approximate surface area is 112 Å². The van der Waals surface area contributed by atoms with E-state index >= 15 is 0 Å². The molecule has 6 nitrogen and oxygen atoms in total. The Morgan fingerprint density at radius 1 is 1.21 bits per heavy atom. The number of aliphatic hydroxyl groups excluding tert-OH is 1. The van der Waals surface area contributed by atoms with Crippen LogP contribution in [0.5, 0.6) is 0 Å². The number of carboxylic acids is 1. The topological polar surface area (TPSA) is 81.1 Å². The predicted molar refractivity (Wildman–Crippen MR) is 66.6 cm³/mol. The van der Waals surface area contributed by atoms with Gasteiger partial charge in [-0.15, -0.1) is 0 Å². The lowest BCUT2D eigenvalue weighted by molar-refractivity contribution is -0.141. The zero-order valence-corrected chi connectivity index (χ0v) is 10.9. The minimum atomic E-state index is -1.02. The van der Waals surface area contributed by atoms with E-state index in [-0.39, 0.29) is 19.0 Å². The number of carbonyl (C=O) groups is 2. The standard InChI is InChI=1S/C13H20N2O4/c16-10-5-11(12(17)18)15(7-10)13(19)14(9-3-4-9)6-8-1-2-8/h8-11,16H,1-7H2,(H,17,18)/t10-,11+/m1/s1. The average molecular weight is 268 g/mol. The lowest BCUT2D eigenvalue weighted by Gasteiger charge is -2.30. The lowest BCUT2D eigenvalue weighted by Crippen LogP contribution is -2.49. The normalized spacial score (nSPS) is 30.5. The summed E-state index contributed by atoms with van der Waals surface area (Å²) in [5.74, 6) is -0.424. The van der Waals surface area contributed by atoms with Crippen LogP contribution in [-0.4, -0.2) is 63.3 Å². The van der Waals surface area contributed by atoms with E-state index in [0.29, 0.717) is 12.0 Å². The number of hydrogen-bond donors (Lipinski definition) is 2. The first-order valence-corrected chi connectivity index (χ1v) is 7.04. The molecule has 1 aliphatic heterocycles. The molecule has 0 bridgehead atoms. The summed E-state index contributed by atoms with van der Waals surface area (Å²) in [7, 11) is 0. The molecule has 0 aromatic carbocycles. The van der Waals surface area contributed by atoms with E-state index in [0.717, 1.165) is 19.4 Å². The zero-order valence-electron chi connectivity index (χ0n) is 10.9. The minimum Gasteiger partial charge on any atom is -0.480 e. The summed E-state index contributed by atoms with van der Waals surface area (Å²) < 4.78 is 0. The molecule has 2 atom stereocenters. The fourth-order valence-electron chi connectivity index (χ4n) is 2.77. The number of hydrogen-bond acceptors (Lipinski definition) is 3. The van der Waals surface area contributed by atoms with Gasteiger partial charge in [-0.05, 0) is 31.6 Å². The molecule has 2 N–H and O–H groups in total. The van der Waals surface area contributed by atoms with Crippen molar-refractivity contribution in [2.45, 2.75) is 50.3 Å². The molecular formula is C13H20N2O4. The molecule has 0 radical (unpaired) electrons. The number of carbonyl (C=O) groups excluding carboxylic acids is 1. The van der Waals surface area contributed by atoms with E-state index in [1.54, 1.807) is 0 Å². The van der Waals surface area contributed by atoms with Crippen LogP contribution in [0.4, 0.5) is 4.79 Å². The van der Waals surface area contributed by atoms with Crippen LogP contribution in [0, 0.1) is 5.92 Å². The smallest absolute Gasteiger partial charge is 0.326 e. The van der Waals surface area contributed by atoms with Gasteiger partial charge in [-0.2, -0.15) is 0 Å². The lowest BCUT2D eigenvalue weighted by atomic mass is 10.2. The molecule has 0 aromatic heterocycles. The van der Waals surface area contributed by atoms with E-state index in [4.69, 9.17) is 5.11 Å². The van der Waals surface area contributed by atoms with Crippen molar-refractivity contribution in [3.05, 3.63) is 0 Å². The highest BCUT2D eigenvalue weighted by molar-refractivity contribution is 5.84. The summed E-state index contributed by atoms with van der Waals surface area (Å²) in [5, 5.41) is 18.8. The van der Waals surface area contributed by atoms with Crippen molar-refractivity contribution >= 4 is 12.0 Å². The van der Waals surface area contributed by atoms with Gasteiger partial charge in [0.1, 0.15) is 6.04 Å². The van der Waals surface area contributed by atoms with E-state index < -0.39 is 18.1 Å². The van der Waals surface area contributed by atoms with Gasteiger partial charge in [-0.25, -0.2) is 9.59 Å². The Morgan fingerprint density at radius 3 is 2.42 bits per heavy atom. The second-order valence-corrected chi connectivity index (χ2v) is 6.01. The van der Waals surface area contributed by atoms with E-state index in [1.165, 1.54) is 17.7 Å². The maximum atomic E-state index is 12.5. The molecule has 1 saturated heterocycles. The molecule has 106 valence electrons. The monoisotopic (exact) mass is 268 g/mol. The van der Waals surface area contributed by atoms with Gasteiger partial charge in [0.25, 0.3) is 0 Å². The summed E-state index contributed by atoms with van der Waals surface area (Å²) in [6.07, 6.45) is 3.80. The third kappa shape index (κ3) is 2.68. The molecule has 2 saturated carbocycles. The van der Waals surface area contributed by atoms with Crippen LogP contribution in [0.3, 0.4) is 0 Å². The molecule has 19 heavy (non-hydrogen) atoms. The molecule has 6 heteroatoms. The Bertz CT molecular complexity index is 392. The van der Waals surface area contributed by atoms with Gasteiger partial charge in [-0.1, -0.05) is 0 Å². The van der Waals surface area contributed by atoms with Gasteiger partial charge in [-0.3, -0.25) is 0 Å². The molecule has 2 aliphatic carbocycles. The van der Waals surface area contributed by atoms with Crippen LogP contribution < -0.4 is 0 Å². The number of aliphatic hydroxyl groups is 1. The van der Waals surface area contributed by atoms with Crippen molar-refractivity contribution in [2.24, 2.45) is 5.92 Å². The molecule has 0 spiro atoms. The van der Waals surface area contributed by atoms with Gasteiger partial charge < -0.3 is 20.0 Å². The second-order valence-electron chi connectivity index (χ2n) is 6.01. The van der Waals surface area contributed by atoms with Crippen LogP contribution in [0.2, 0.25) is 0 Å². The van der Waals surface area contributed by atoms with E-state index in [1.807, 2.05) is 4.90 Å². The van der Waals surface area contributed by atoms with Gasteiger partial charge in [0.2, 0.25) is 0 Å². The van der Waals surface area contributed by atoms with Crippen molar-refractivity contribution in [3.63, 3.8) is 0 Å². The molecule has 3 aliphatic rings. The zero-order chi connectivity index (χ0) is 13.6. The highest BCUT2D eigenvalue weighted by atomic mass is 16.4. The Hall–Kier alpha value is -1.30. The fourth-order valence-corrected chi connectivity index (χ4v) is 2.77. The van der Waals surface area contributed by atoms with Gasteiger partial charge >= 0.3 is 12.0 Å². The maximum Gasteiger partial charge on any atom is 0.326 e. The van der Waals surface area contributed by atoms with Gasteiger partial charge in [0.15, 0.2) is 0 Å². The Morgan fingerprint density at radius 2 is 1.89 bits per heavy atom. The third-order valence-electron chi connectivity index (χ3n) is 4.19. The summed E-state index contributed by atoms with van der Waals surface area (Å²) in [5.41, 5.74) is 0. The molecule has 0 unspecified atom stereocenters. The van der Waals surface area contributed by atoms with Crippen molar-refractivity contribution in [2.75, 3.05) is 13.1 Å². The predicted octanol–water partition coefficient (Wildman–Crippen LogP) is 0.501. The Balaban J connectivity index is 1.70. The molecule has 3 rings (SSSR count). The number of aliphatic carboxylic acids is 1. The van der Waals surface area contributed by atoms with E-state index in [9.17, 15) is 14.7 Å². The number of rotatable bonds is 4. The van der Waals surface area contributed by atoms with Crippen LogP contribution in [0.15, 0.2) is 0 Å². The molecular weight excluding hydrogens is 248 g/mol. The first-order chi connectivity index (χ1) is 9.06. The second kappa shape index (κ2) is 4.67. The number of amides is 2. The molecule has 2 amide bonds. The van der Waals surface area contributed by atoms with Gasteiger partial charge in [0, 0.05) is 25.6 Å². The van der Waals surface area contributed by atoms with Gasteiger partial charge in [0.05, 0.1) is 6.10 Å². The van der Waals surface area contributed by atoms with Crippen LogP contribution in [0.25, 0.3) is 0 Å². The summed E-state index contributed by atoms with van der Waals surface area (Å²) in [4.78, 5) is 26.9. The van der Waals surface area contributed by atoms with Crippen molar-refractivity contribution in [3.8, 4) is 0 Å². The molecule has 0 aromatic rings. The van der Waals surface area contributed by atoms with Crippen LogP contribution in [0.1, 0.15) is 32.1 Å². The average Bonchev–Trinajstić information content (AvgIpc) is 3.24. The van der Waals surface area contributed by atoms with Crippen molar-refractivity contribution < 1.29 is 19.8 Å². The summed E-state index contributed by atoms with van der Waals surface area (Å²) in [6.45, 7) is 0.895.